The van der Waals surface area contributed by atoms with Crippen molar-refractivity contribution >= 4 is 29.2 Å². The molecule has 2 aromatic rings. The van der Waals surface area contributed by atoms with E-state index in [0.717, 1.165) is 11.6 Å². The molecule has 0 bridgehead atoms. The Morgan fingerprint density at radius 2 is 1.96 bits per heavy atom. The lowest BCUT2D eigenvalue weighted by atomic mass is 10.2. The monoisotopic (exact) mass is 351 g/mol. The molecule has 0 aliphatic carbocycles. The maximum absolute atomic E-state index is 13.0. The SMILES string of the molecule is Cc1cc(Cl)ccc1OCC(=O)OCC(=O)Nc1cccc(F)c1. The van der Waals surface area contributed by atoms with Crippen LogP contribution >= 0.6 is 11.6 Å². The van der Waals surface area contributed by atoms with Gasteiger partial charge in [0.15, 0.2) is 13.2 Å². The maximum Gasteiger partial charge on any atom is 0.344 e. The number of aryl methyl sites for hydroxylation is 1. The number of anilines is 1. The molecule has 0 radical (unpaired) electrons. The fourth-order valence-corrected chi connectivity index (χ4v) is 2.09. The lowest BCUT2D eigenvalue weighted by molar-refractivity contribution is -0.149. The Morgan fingerprint density at radius 1 is 1.17 bits per heavy atom. The molecule has 1 amide bonds. The largest absolute Gasteiger partial charge is 0.482 e. The Hall–Kier alpha value is -2.60. The van der Waals surface area contributed by atoms with Crippen LogP contribution in [0.5, 0.6) is 5.75 Å². The van der Waals surface area contributed by atoms with Gasteiger partial charge in [0.2, 0.25) is 0 Å². The first kappa shape index (κ1) is 17.7. The number of carbonyl (C=O) groups excluding carboxylic acids is 2. The molecule has 2 aromatic carbocycles. The number of esters is 1. The highest BCUT2D eigenvalue weighted by atomic mass is 35.5. The van der Waals surface area contributed by atoms with E-state index in [2.05, 4.69) is 5.32 Å². The number of benzene rings is 2. The molecule has 0 heterocycles. The summed E-state index contributed by atoms with van der Waals surface area (Å²) in [6.07, 6.45) is 0. The maximum atomic E-state index is 13.0. The lowest BCUT2D eigenvalue weighted by Gasteiger charge is -2.09. The molecule has 1 N–H and O–H groups in total. The van der Waals surface area contributed by atoms with Gasteiger partial charge in [-0.25, -0.2) is 9.18 Å². The van der Waals surface area contributed by atoms with Crippen molar-refractivity contribution in [2.45, 2.75) is 6.92 Å². The van der Waals surface area contributed by atoms with Crippen molar-refractivity contribution in [3.05, 3.63) is 58.9 Å². The Morgan fingerprint density at radius 3 is 2.67 bits per heavy atom. The molecule has 0 saturated carbocycles. The third-order valence-electron chi connectivity index (χ3n) is 2.96. The zero-order valence-electron chi connectivity index (χ0n) is 12.8. The third kappa shape index (κ3) is 5.55. The summed E-state index contributed by atoms with van der Waals surface area (Å²) < 4.78 is 23.1. The molecule has 7 heteroatoms. The van der Waals surface area contributed by atoms with Crippen molar-refractivity contribution in [1.82, 2.24) is 0 Å². The van der Waals surface area contributed by atoms with Gasteiger partial charge in [-0.1, -0.05) is 17.7 Å². The predicted molar refractivity (Wildman–Crippen MR) is 87.7 cm³/mol. The van der Waals surface area contributed by atoms with Crippen LogP contribution in [0.25, 0.3) is 0 Å². The average Bonchev–Trinajstić information content (AvgIpc) is 2.52. The summed E-state index contributed by atoms with van der Waals surface area (Å²) in [6, 6.07) is 10.4. The Balaban J connectivity index is 1.75. The molecule has 2 rings (SSSR count). The van der Waals surface area contributed by atoms with Crippen molar-refractivity contribution in [2.24, 2.45) is 0 Å². The van der Waals surface area contributed by atoms with Crippen LogP contribution in [0.4, 0.5) is 10.1 Å². The number of halogens is 2. The Labute approximate surface area is 143 Å². The molecular formula is C17H15ClFNO4. The normalized spacial score (nSPS) is 10.1. The van der Waals surface area contributed by atoms with Crippen LogP contribution in [0.3, 0.4) is 0 Å². The van der Waals surface area contributed by atoms with E-state index in [0.29, 0.717) is 10.8 Å². The zero-order valence-corrected chi connectivity index (χ0v) is 13.6. The summed E-state index contributed by atoms with van der Waals surface area (Å²) in [7, 11) is 0. The van der Waals surface area contributed by atoms with Crippen molar-refractivity contribution in [2.75, 3.05) is 18.5 Å². The van der Waals surface area contributed by atoms with E-state index >= 15 is 0 Å². The first-order valence-corrected chi connectivity index (χ1v) is 7.42. The smallest absolute Gasteiger partial charge is 0.344 e. The van der Waals surface area contributed by atoms with Gasteiger partial charge in [0, 0.05) is 10.7 Å². The highest BCUT2D eigenvalue weighted by Gasteiger charge is 2.10. The second-order valence-electron chi connectivity index (χ2n) is 4.92. The first-order valence-electron chi connectivity index (χ1n) is 7.04. The summed E-state index contributed by atoms with van der Waals surface area (Å²) in [6.45, 7) is 0.965. The third-order valence-corrected chi connectivity index (χ3v) is 3.19. The molecule has 0 aliphatic heterocycles. The molecule has 0 atom stereocenters. The van der Waals surface area contributed by atoms with Crippen LogP contribution in [-0.2, 0) is 14.3 Å². The molecule has 0 spiro atoms. The van der Waals surface area contributed by atoms with Crippen LogP contribution in [0.2, 0.25) is 5.02 Å². The van der Waals surface area contributed by atoms with Crippen LogP contribution in [-0.4, -0.2) is 25.1 Å². The average molecular weight is 352 g/mol. The molecule has 126 valence electrons. The summed E-state index contributed by atoms with van der Waals surface area (Å²) >= 11 is 5.83. The highest BCUT2D eigenvalue weighted by molar-refractivity contribution is 6.30. The molecule has 0 saturated heterocycles. The van der Waals surface area contributed by atoms with Crippen molar-refractivity contribution in [1.29, 1.82) is 0 Å². The van der Waals surface area contributed by atoms with Crippen molar-refractivity contribution in [3.8, 4) is 5.75 Å². The summed E-state index contributed by atoms with van der Waals surface area (Å²) in [4.78, 5) is 23.2. The van der Waals surface area contributed by atoms with E-state index in [1.807, 2.05) is 0 Å². The molecule has 0 fully saturated rings. The van der Waals surface area contributed by atoms with Gasteiger partial charge in [-0.2, -0.15) is 0 Å². The summed E-state index contributed by atoms with van der Waals surface area (Å²) in [5.74, 6) is -1.24. The van der Waals surface area contributed by atoms with E-state index in [-0.39, 0.29) is 12.3 Å². The fourth-order valence-electron chi connectivity index (χ4n) is 1.86. The molecule has 24 heavy (non-hydrogen) atoms. The predicted octanol–water partition coefficient (Wildman–Crippen LogP) is 3.35. The summed E-state index contributed by atoms with van der Waals surface area (Å²) in [5, 5.41) is 2.98. The van der Waals surface area contributed by atoms with Gasteiger partial charge in [0.25, 0.3) is 5.91 Å². The number of hydrogen-bond donors (Lipinski definition) is 1. The number of amides is 1. The van der Waals surface area contributed by atoms with Gasteiger partial charge in [0.05, 0.1) is 0 Å². The van der Waals surface area contributed by atoms with Gasteiger partial charge in [-0.3, -0.25) is 4.79 Å². The summed E-state index contributed by atoms with van der Waals surface area (Å²) in [5.41, 5.74) is 1.06. The van der Waals surface area contributed by atoms with E-state index in [9.17, 15) is 14.0 Å². The number of ether oxygens (including phenoxy) is 2. The number of carbonyl (C=O) groups is 2. The van der Waals surface area contributed by atoms with Crippen LogP contribution in [0.1, 0.15) is 5.56 Å². The minimum atomic E-state index is -0.696. The standard InChI is InChI=1S/C17H15ClFNO4/c1-11-7-12(18)5-6-15(11)23-10-17(22)24-9-16(21)20-14-4-2-3-13(19)8-14/h2-8H,9-10H2,1H3,(H,20,21). The van der Waals surface area contributed by atoms with E-state index in [1.54, 1.807) is 25.1 Å². The molecule has 0 aromatic heterocycles. The lowest BCUT2D eigenvalue weighted by Crippen LogP contribution is -2.23. The first-order chi connectivity index (χ1) is 11.4. The van der Waals surface area contributed by atoms with Gasteiger partial charge in [-0.05, 0) is 48.9 Å². The van der Waals surface area contributed by atoms with Crippen LogP contribution in [0.15, 0.2) is 42.5 Å². The van der Waals surface area contributed by atoms with Crippen LogP contribution < -0.4 is 10.1 Å². The molecule has 0 unspecified atom stereocenters. The zero-order chi connectivity index (χ0) is 17.5. The Bertz CT molecular complexity index is 751. The Kier molecular flexibility index (Phi) is 6.14. The number of nitrogens with one attached hydrogen (secondary N) is 1. The van der Waals surface area contributed by atoms with Crippen molar-refractivity contribution in [3.63, 3.8) is 0 Å². The quantitative estimate of drug-likeness (QED) is 0.811. The molecule has 0 aliphatic rings. The second-order valence-corrected chi connectivity index (χ2v) is 5.35. The van der Waals surface area contributed by atoms with Gasteiger partial charge in [0.1, 0.15) is 11.6 Å². The minimum absolute atomic E-state index is 0.282. The van der Waals surface area contributed by atoms with E-state index in [4.69, 9.17) is 21.1 Å². The van der Waals surface area contributed by atoms with Gasteiger partial charge < -0.3 is 14.8 Å². The highest BCUT2D eigenvalue weighted by Crippen LogP contribution is 2.21. The number of rotatable bonds is 6. The second kappa shape index (κ2) is 8.31. The minimum Gasteiger partial charge on any atom is -0.482 e. The topological polar surface area (TPSA) is 64.6 Å². The van der Waals surface area contributed by atoms with Gasteiger partial charge in [-0.15, -0.1) is 0 Å². The fraction of sp³-hybridized carbons (Fsp3) is 0.176. The number of hydrogen-bond acceptors (Lipinski definition) is 4. The molecular weight excluding hydrogens is 337 g/mol. The molecule has 5 nitrogen and oxygen atoms in total. The van der Waals surface area contributed by atoms with E-state index < -0.39 is 24.3 Å². The van der Waals surface area contributed by atoms with Crippen LogP contribution in [0, 0.1) is 12.7 Å². The van der Waals surface area contributed by atoms with Crippen molar-refractivity contribution < 1.29 is 23.5 Å². The van der Waals surface area contributed by atoms with Gasteiger partial charge >= 0.3 is 5.97 Å². The van der Waals surface area contributed by atoms with E-state index in [1.165, 1.54) is 18.2 Å².